The van der Waals surface area contributed by atoms with Crippen molar-refractivity contribution < 1.29 is 16.8 Å². The highest BCUT2D eigenvalue weighted by Gasteiger charge is 2.30. The largest absolute Gasteiger partial charge is 0.335 e. The summed E-state index contributed by atoms with van der Waals surface area (Å²) in [6.07, 6.45) is 0. The Morgan fingerprint density at radius 3 is 1.60 bits per heavy atom. The molecule has 0 radical (unpaired) electrons. The van der Waals surface area contributed by atoms with E-state index in [1.165, 1.54) is 24.3 Å². The SMILES string of the molecule is O=S(=O)(Cl)N(c1ccccc1)S(=O)(=O)Cl. The first-order valence-corrected chi connectivity index (χ1v) is 8.01. The summed E-state index contributed by atoms with van der Waals surface area (Å²) in [5.41, 5.74) is -0.150. The molecule has 0 unspecified atom stereocenters. The van der Waals surface area contributed by atoms with Crippen LogP contribution in [0.3, 0.4) is 0 Å². The number of benzene rings is 1. The van der Waals surface area contributed by atoms with Crippen LogP contribution in [0, 0.1) is 0 Å². The number of hydrogen-bond donors (Lipinski definition) is 0. The fourth-order valence-electron chi connectivity index (χ4n) is 0.908. The Morgan fingerprint density at radius 1 is 0.867 bits per heavy atom. The molecule has 0 aliphatic rings. The highest BCUT2D eigenvalue weighted by Crippen LogP contribution is 2.25. The molecule has 84 valence electrons. The molecule has 9 heteroatoms. The van der Waals surface area contributed by atoms with Crippen molar-refractivity contribution in [3.63, 3.8) is 0 Å². The van der Waals surface area contributed by atoms with Crippen molar-refractivity contribution >= 4 is 45.5 Å². The van der Waals surface area contributed by atoms with E-state index in [1.54, 1.807) is 6.07 Å². The summed E-state index contributed by atoms with van der Waals surface area (Å²) >= 11 is 0. The second-order valence-corrected chi connectivity index (χ2v) is 7.37. The van der Waals surface area contributed by atoms with E-state index in [0.717, 1.165) is 0 Å². The van der Waals surface area contributed by atoms with Crippen LogP contribution in [-0.4, -0.2) is 16.8 Å². The number of hydrogen-bond acceptors (Lipinski definition) is 4. The fraction of sp³-hybridized carbons (Fsp3) is 0. The van der Waals surface area contributed by atoms with Crippen molar-refractivity contribution in [1.29, 1.82) is 0 Å². The van der Waals surface area contributed by atoms with Gasteiger partial charge in [0.2, 0.25) is 0 Å². The minimum atomic E-state index is -4.49. The van der Waals surface area contributed by atoms with Gasteiger partial charge in [0.05, 0.1) is 5.69 Å². The van der Waals surface area contributed by atoms with Crippen molar-refractivity contribution in [3.05, 3.63) is 30.3 Å². The molecule has 0 saturated heterocycles. The molecule has 0 amide bonds. The van der Waals surface area contributed by atoms with Crippen LogP contribution < -0.4 is 3.71 Å². The van der Waals surface area contributed by atoms with E-state index in [2.05, 4.69) is 0 Å². The lowest BCUT2D eigenvalue weighted by molar-refractivity contribution is 0.599. The van der Waals surface area contributed by atoms with Crippen molar-refractivity contribution in [3.8, 4) is 0 Å². The van der Waals surface area contributed by atoms with Gasteiger partial charge in [-0.1, -0.05) is 18.2 Å². The van der Waals surface area contributed by atoms with Crippen LogP contribution in [0.1, 0.15) is 0 Å². The first kappa shape index (κ1) is 12.6. The van der Waals surface area contributed by atoms with Crippen LogP contribution >= 0.6 is 21.4 Å². The molecular formula is C6H5Cl2NO4S2. The highest BCUT2D eigenvalue weighted by atomic mass is 35.7. The van der Waals surface area contributed by atoms with Crippen molar-refractivity contribution in [1.82, 2.24) is 0 Å². The van der Waals surface area contributed by atoms with Gasteiger partial charge in [0.25, 0.3) is 0 Å². The second kappa shape index (κ2) is 4.17. The zero-order valence-electron chi connectivity index (χ0n) is 7.04. The molecule has 0 heterocycles. The van der Waals surface area contributed by atoms with E-state index in [1.807, 2.05) is 0 Å². The van der Waals surface area contributed by atoms with Gasteiger partial charge in [-0.2, -0.15) is 16.8 Å². The molecule has 0 aliphatic heterocycles. The normalized spacial score (nSPS) is 12.4. The molecule has 0 N–H and O–H groups in total. The van der Waals surface area contributed by atoms with E-state index >= 15 is 0 Å². The quantitative estimate of drug-likeness (QED) is 0.790. The lowest BCUT2D eigenvalue weighted by Gasteiger charge is -2.15. The third kappa shape index (κ3) is 3.23. The Bertz CT molecular complexity index is 508. The molecular weight excluding hydrogens is 285 g/mol. The summed E-state index contributed by atoms with van der Waals surface area (Å²) in [6.45, 7) is 0. The number of para-hydroxylation sites is 1. The topological polar surface area (TPSA) is 71.5 Å². The molecule has 15 heavy (non-hydrogen) atoms. The minimum absolute atomic E-state index is 0.0664. The molecule has 1 rings (SSSR count). The zero-order valence-corrected chi connectivity index (χ0v) is 10.2. The minimum Gasteiger partial charge on any atom is -0.188 e. The fourth-order valence-corrected chi connectivity index (χ4v) is 4.58. The number of rotatable bonds is 3. The van der Waals surface area contributed by atoms with Crippen molar-refractivity contribution in [2.24, 2.45) is 0 Å². The molecule has 0 aliphatic carbocycles. The van der Waals surface area contributed by atoms with Gasteiger partial charge >= 0.3 is 18.5 Å². The van der Waals surface area contributed by atoms with Crippen molar-refractivity contribution in [2.45, 2.75) is 0 Å². The van der Waals surface area contributed by atoms with Gasteiger partial charge in [0, 0.05) is 21.4 Å². The third-order valence-corrected chi connectivity index (χ3v) is 5.07. The molecule has 0 spiro atoms. The zero-order chi connectivity index (χ0) is 11.7. The third-order valence-electron chi connectivity index (χ3n) is 1.36. The first-order valence-electron chi connectivity index (χ1n) is 3.47. The van der Waals surface area contributed by atoms with E-state index in [4.69, 9.17) is 21.4 Å². The molecule has 0 bridgehead atoms. The van der Waals surface area contributed by atoms with E-state index in [9.17, 15) is 16.8 Å². The Morgan fingerprint density at radius 2 is 1.27 bits per heavy atom. The maximum Gasteiger partial charge on any atom is 0.335 e. The molecule has 0 fully saturated rings. The van der Waals surface area contributed by atoms with Crippen LogP contribution in [0.25, 0.3) is 0 Å². The van der Waals surface area contributed by atoms with Gasteiger partial charge in [-0.25, -0.2) is 0 Å². The number of halogens is 2. The number of nitrogens with zero attached hydrogens (tertiary/aromatic N) is 1. The standard InChI is InChI=1S/C6H5Cl2NO4S2/c7-14(10,11)9(15(8,12)13)6-4-2-1-3-5-6/h1-5H. The predicted molar refractivity (Wildman–Crippen MR) is 58.5 cm³/mol. The van der Waals surface area contributed by atoms with Crippen molar-refractivity contribution in [2.75, 3.05) is 3.71 Å². The number of anilines is 1. The summed E-state index contributed by atoms with van der Waals surface area (Å²) in [6, 6.07) is 6.99. The van der Waals surface area contributed by atoms with E-state index in [0.29, 0.717) is 0 Å². The molecule has 0 atom stereocenters. The lowest BCUT2D eigenvalue weighted by atomic mass is 10.3. The van der Waals surface area contributed by atoms with Gasteiger partial charge in [0.15, 0.2) is 0 Å². The van der Waals surface area contributed by atoms with Crippen LogP contribution in [0.5, 0.6) is 0 Å². The average Bonchev–Trinajstić information content (AvgIpc) is 2.00. The summed E-state index contributed by atoms with van der Waals surface area (Å²) in [5, 5.41) is 0. The van der Waals surface area contributed by atoms with Gasteiger partial charge in [-0.15, -0.1) is 3.71 Å². The average molecular weight is 290 g/mol. The van der Waals surface area contributed by atoms with E-state index < -0.39 is 18.5 Å². The second-order valence-electron chi connectivity index (χ2n) is 2.42. The lowest BCUT2D eigenvalue weighted by Crippen LogP contribution is -2.29. The Balaban J connectivity index is 3.41. The van der Waals surface area contributed by atoms with Gasteiger partial charge in [-0.05, 0) is 12.1 Å². The van der Waals surface area contributed by atoms with Crippen LogP contribution in [0.4, 0.5) is 5.69 Å². The Kier molecular flexibility index (Phi) is 3.49. The van der Waals surface area contributed by atoms with Gasteiger partial charge in [-0.3, -0.25) is 0 Å². The smallest absolute Gasteiger partial charge is 0.188 e. The van der Waals surface area contributed by atoms with Crippen LogP contribution in [0.2, 0.25) is 0 Å². The summed E-state index contributed by atoms with van der Waals surface area (Å²) in [5.74, 6) is 0. The van der Waals surface area contributed by atoms with Crippen LogP contribution in [0.15, 0.2) is 30.3 Å². The predicted octanol–water partition coefficient (Wildman–Crippen LogP) is 1.46. The van der Waals surface area contributed by atoms with Crippen LogP contribution in [-0.2, 0) is 18.5 Å². The summed E-state index contributed by atoms with van der Waals surface area (Å²) in [7, 11) is 0.926. The molecule has 1 aromatic carbocycles. The molecule has 1 aromatic rings. The van der Waals surface area contributed by atoms with Gasteiger partial charge < -0.3 is 0 Å². The molecule has 5 nitrogen and oxygen atoms in total. The monoisotopic (exact) mass is 289 g/mol. The molecule has 0 aromatic heterocycles. The molecule has 0 saturated carbocycles. The van der Waals surface area contributed by atoms with E-state index in [-0.39, 0.29) is 9.40 Å². The Hall–Kier alpha value is -0.500. The first-order chi connectivity index (χ1) is 6.73. The van der Waals surface area contributed by atoms with Gasteiger partial charge in [0.1, 0.15) is 0 Å². The maximum atomic E-state index is 11.0. The summed E-state index contributed by atoms with van der Waals surface area (Å²) < 4.78 is 44.0. The Labute approximate surface area is 96.3 Å². The highest BCUT2D eigenvalue weighted by molar-refractivity contribution is 8.29. The summed E-state index contributed by atoms with van der Waals surface area (Å²) in [4.78, 5) is 0. The maximum absolute atomic E-state index is 11.0.